The van der Waals surface area contributed by atoms with Gasteiger partial charge in [-0.2, -0.15) is 0 Å². The van der Waals surface area contributed by atoms with Crippen molar-refractivity contribution in [3.05, 3.63) is 95.1 Å². The van der Waals surface area contributed by atoms with Gasteiger partial charge < -0.3 is 9.84 Å². The molecule has 1 N–H and O–H groups in total. The Balaban J connectivity index is 1.94. The highest BCUT2D eigenvalue weighted by Gasteiger charge is 2.33. The summed E-state index contributed by atoms with van der Waals surface area (Å²) in [5.41, 5.74) is 2.22. The number of phenols is 1. The predicted molar refractivity (Wildman–Crippen MR) is 123 cm³/mol. The smallest absolute Gasteiger partial charge is 0.338 e. The van der Waals surface area contributed by atoms with Crippen LogP contribution in [0.3, 0.4) is 0 Å². The fourth-order valence-corrected chi connectivity index (χ4v) is 4.78. The molecule has 6 nitrogen and oxygen atoms in total. The number of phenolic OH excluding ortho intramolecular Hbond substituents is 1. The molecule has 0 amide bonds. The van der Waals surface area contributed by atoms with Gasteiger partial charge >= 0.3 is 5.97 Å². The number of halogens is 1. The van der Waals surface area contributed by atoms with Crippen molar-refractivity contribution in [1.82, 2.24) is 4.57 Å². The van der Waals surface area contributed by atoms with Gasteiger partial charge in [-0.15, -0.1) is 0 Å². The molecular formula is C23H19BrN2O4S. The van der Waals surface area contributed by atoms with Crippen molar-refractivity contribution in [2.45, 2.75) is 19.9 Å². The van der Waals surface area contributed by atoms with Gasteiger partial charge in [0.05, 0.1) is 28.5 Å². The molecule has 2 heterocycles. The highest BCUT2D eigenvalue weighted by Crippen LogP contribution is 2.31. The maximum absolute atomic E-state index is 13.4. The van der Waals surface area contributed by atoms with Crippen LogP contribution in [0.2, 0.25) is 0 Å². The first kappa shape index (κ1) is 21.3. The zero-order chi connectivity index (χ0) is 22.1. The summed E-state index contributed by atoms with van der Waals surface area (Å²) in [6.07, 6.45) is 1.76. The highest BCUT2D eigenvalue weighted by molar-refractivity contribution is 9.10. The summed E-state index contributed by atoms with van der Waals surface area (Å²) in [5, 5.41) is 9.50. The SMILES string of the molecule is CCOC(=O)C1=C(C)N=c2s/c(=C/c3ccc(O)cc3)c(=O)n2C1c1ccc(Br)cc1. The predicted octanol–water partition coefficient (Wildman–Crippen LogP) is 3.27. The number of allylic oxidation sites excluding steroid dienone is 1. The minimum absolute atomic E-state index is 0.156. The molecule has 1 aliphatic rings. The Morgan fingerprint density at radius 2 is 1.90 bits per heavy atom. The van der Waals surface area contributed by atoms with E-state index in [1.165, 1.54) is 11.3 Å². The number of esters is 1. The topological polar surface area (TPSA) is 80.9 Å². The number of nitrogens with zero attached hydrogens (tertiary/aromatic N) is 2. The number of fused-ring (bicyclic) bond motifs is 1. The molecule has 0 spiro atoms. The van der Waals surface area contributed by atoms with Gasteiger partial charge in [0.1, 0.15) is 5.75 Å². The standard InChI is InChI=1S/C23H19BrN2O4S/c1-3-30-22(29)19-13(2)25-23-26(20(19)15-6-8-16(24)9-7-15)21(28)18(31-23)12-14-4-10-17(27)11-5-14/h4-12,20,27H,3H2,1-2H3/b18-12+. The lowest BCUT2D eigenvalue weighted by Crippen LogP contribution is -2.39. The quantitative estimate of drug-likeness (QED) is 0.559. The van der Waals surface area contributed by atoms with E-state index in [-0.39, 0.29) is 17.9 Å². The number of aromatic hydroxyl groups is 1. The molecule has 31 heavy (non-hydrogen) atoms. The highest BCUT2D eigenvalue weighted by atomic mass is 79.9. The van der Waals surface area contributed by atoms with Gasteiger partial charge in [-0.3, -0.25) is 9.36 Å². The molecule has 0 saturated heterocycles. The molecule has 3 aromatic rings. The van der Waals surface area contributed by atoms with E-state index >= 15 is 0 Å². The first-order valence-electron chi connectivity index (χ1n) is 9.63. The molecule has 0 aliphatic carbocycles. The molecule has 1 aliphatic heterocycles. The van der Waals surface area contributed by atoms with Crippen LogP contribution in [-0.2, 0) is 9.53 Å². The summed E-state index contributed by atoms with van der Waals surface area (Å²) < 4.78 is 8.23. The molecule has 1 aromatic heterocycles. The van der Waals surface area contributed by atoms with E-state index in [0.29, 0.717) is 20.6 Å². The van der Waals surface area contributed by atoms with Gasteiger partial charge in [0.25, 0.3) is 5.56 Å². The number of hydrogen-bond acceptors (Lipinski definition) is 6. The summed E-state index contributed by atoms with van der Waals surface area (Å²) in [6, 6.07) is 13.5. The maximum atomic E-state index is 13.4. The Hall–Kier alpha value is -2.97. The van der Waals surface area contributed by atoms with Crippen LogP contribution in [0.4, 0.5) is 0 Å². The largest absolute Gasteiger partial charge is 0.508 e. The number of hydrogen-bond donors (Lipinski definition) is 1. The molecule has 4 rings (SSSR count). The van der Waals surface area contributed by atoms with Crippen LogP contribution < -0.4 is 14.9 Å². The number of ether oxygens (including phenoxy) is 1. The Labute approximate surface area is 190 Å². The minimum Gasteiger partial charge on any atom is -0.508 e. The third kappa shape index (κ3) is 4.13. The zero-order valence-electron chi connectivity index (χ0n) is 16.8. The number of thiazole rings is 1. The number of carbonyl (C=O) groups is 1. The molecule has 2 aromatic carbocycles. The zero-order valence-corrected chi connectivity index (χ0v) is 19.2. The van der Waals surface area contributed by atoms with Gasteiger partial charge in [0.2, 0.25) is 0 Å². The molecule has 0 fully saturated rings. The molecule has 8 heteroatoms. The molecule has 0 saturated carbocycles. The number of carbonyl (C=O) groups excluding carboxylic acids is 1. The van der Waals surface area contributed by atoms with Crippen LogP contribution in [0.1, 0.15) is 31.0 Å². The van der Waals surface area contributed by atoms with Crippen molar-refractivity contribution in [1.29, 1.82) is 0 Å². The van der Waals surface area contributed by atoms with Crippen LogP contribution in [-0.4, -0.2) is 22.2 Å². The molecule has 0 bridgehead atoms. The van der Waals surface area contributed by atoms with Crippen molar-refractivity contribution in [2.24, 2.45) is 4.99 Å². The van der Waals surface area contributed by atoms with E-state index in [2.05, 4.69) is 20.9 Å². The van der Waals surface area contributed by atoms with Gasteiger partial charge in [-0.25, -0.2) is 9.79 Å². The summed E-state index contributed by atoms with van der Waals surface area (Å²) in [5.74, 6) is -0.326. The van der Waals surface area contributed by atoms with Crippen LogP contribution >= 0.6 is 27.3 Å². The number of benzene rings is 2. The van der Waals surface area contributed by atoms with E-state index in [4.69, 9.17) is 4.74 Å². The van der Waals surface area contributed by atoms with Crippen molar-refractivity contribution in [3.8, 4) is 5.75 Å². The van der Waals surface area contributed by atoms with Crippen molar-refractivity contribution in [2.75, 3.05) is 6.61 Å². The fraction of sp³-hybridized carbons (Fsp3) is 0.174. The third-order valence-electron chi connectivity index (χ3n) is 4.89. The van der Waals surface area contributed by atoms with E-state index in [1.54, 1.807) is 48.8 Å². The van der Waals surface area contributed by atoms with Crippen molar-refractivity contribution < 1.29 is 14.6 Å². The summed E-state index contributed by atoms with van der Waals surface area (Å²) in [4.78, 5) is 31.3. The number of aromatic nitrogens is 1. The molecular weight excluding hydrogens is 480 g/mol. The Morgan fingerprint density at radius 1 is 1.23 bits per heavy atom. The van der Waals surface area contributed by atoms with Crippen LogP contribution in [0.5, 0.6) is 5.75 Å². The van der Waals surface area contributed by atoms with E-state index in [1.807, 2.05) is 24.3 Å². The second kappa shape index (κ2) is 8.64. The number of rotatable bonds is 4. The van der Waals surface area contributed by atoms with Gasteiger partial charge in [0, 0.05) is 4.47 Å². The van der Waals surface area contributed by atoms with Crippen molar-refractivity contribution in [3.63, 3.8) is 0 Å². The molecule has 158 valence electrons. The van der Waals surface area contributed by atoms with Crippen molar-refractivity contribution >= 4 is 39.3 Å². The Kier molecular flexibility index (Phi) is 5.93. The lowest BCUT2D eigenvalue weighted by atomic mass is 9.96. The minimum atomic E-state index is -0.634. The molecule has 1 atom stereocenters. The second-order valence-electron chi connectivity index (χ2n) is 6.95. The summed E-state index contributed by atoms with van der Waals surface area (Å²) in [7, 11) is 0. The molecule has 1 unspecified atom stereocenters. The average Bonchev–Trinajstić information content (AvgIpc) is 3.04. The van der Waals surface area contributed by atoms with Gasteiger partial charge in [-0.1, -0.05) is 51.5 Å². The van der Waals surface area contributed by atoms with E-state index in [0.717, 1.165) is 15.6 Å². The molecule has 0 radical (unpaired) electrons. The summed E-state index contributed by atoms with van der Waals surface area (Å²) >= 11 is 4.69. The lowest BCUT2D eigenvalue weighted by Gasteiger charge is -2.24. The van der Waals surface area contributed by atoms with E-state index in [9.17, 15) is 14.7 Å². The van der Waals surface area contributed by atoms with Crippen LogP contribution in [0.15, 0.2) is 74.1 Å². The van der Waals surface area contributed by atoms with Crippen LogP contribution in [0.25, 0.3) is 6.08 Å². The normalized spacial score (nSPS) is 16.1. The fourth-order valence-electron chi connectivity index (χ4n) is 3.47. The van der Waals surface area contributed by atoms with Gasteiger partial charge in [0.15, 0.2) is 4.80 Å². The van der Waals surface area contributed by atoms with E-state index < -0.39 is 12.0 Å². The third-order valence-corrected chi connectivity index (χ3v) is 6.41. The summed E-state index contributed by atoms with van der Waals surface area (Å²) in [6.45, 7) is 3.73. The first-order valence-corrected chi connectivity index (χ1v) is 11.2. The Morgan fingerprint density at radius 3 is 2.55 bits per heavy atom. The second-order valence-corrected chi connectivity index (χ2v) is 8.87. The Bertz CT molecular complexity index is 1350. The first-order chi connectivity index (χ1) is 14.9. The lowest BCUT2D eigenvalue weighted by molar-refractivity contribution is -0.139. The van der Waals surface area contributed by atoms with Gasteiger partial charge in [-0.05, 0) is 55.3 Å². The monoisotopic (exact) mass is 498 g/mol. The average molecular weight is 499 g/mol. The maximum Gasteiger partial charge on any atom is 0.338 e. The van der Waals surface area contributed by atoms with Crippen LogP contribution in [0, 0.1) is 0 Å².